The maximum atomic E-state index is 10.1. The molecular weight excluding hydrogens is 316 g/mol. The van der Waals surface area contributed by atoms with Crippen LogP contribution in [-0.4, -0.2) is 64.1 Å². The van der Waals surface area contributed by atoms with E-state index in [2.05, 4.69) is 20.1 Å². The predicted octanol–water partition coefficient (Wildman–Crippen LogP) is 1.13. The van der Waals surface area contributed by atoms with Crippen molar-refractivity contribution in [3.63, 3.8) is 0 Å². The van der Waals surface area contributed by atoms with Gasteiger partial charge in [-0.05, 0) is 18.4 Å². The van der Waals surface area contributed by atoms with Gasteiger partial charge in [-0.1, -0.05) is 6.07 Å². The Balaban J connectivity index is 1.41. The zero-order valence-electron chi connectivity index (χ0n) is 13.1. The van der Waals surface area contributed by atoms with Gasteiger partial charge < -0.3 is 14.6 Å². The van der Waals surface area contributed by atoms with Crippen molar-refractivity contribution in [1.29, 1.82) is 0 Å². The number of nitrogens with zero attached hydrogens (tertiary/aromatic N) is 3. The summed E-state index contributed by atoms with van der Waals surface area (Å²) < 4.78 is 11.3. The minimum atomic E-state index is -0.511. The second-order valence-corrected chi connectivity index (χ2v) is 6.68. The van der Waals surface area contributed by atoms with Crippen LogP contribution in [0.2, 0.25) is 0 Å². The highest BCUT2D eigenvalue weighted by Gasteiger charge is 2.26. The van der Waals surface area contributed by atoms with Crippen LogP contribution in [0.5, 0.6) is 0 Å². The fourth-order valence-corrected chi connectivity index (χ4v) is 3.21. The molecule has 0 aliphatic carbocycles. The third-order valence-corrected chi connectivity index (χ3v) is 4.51. The van der Waals surface area contributed by atoms with Gasteiger partial charge in [-0.15, -0.1) is 11.3 Å². The molecule has 2 aromatic rings. The smallest absolute Gasteiger partial charge is 0.180 e. The van der Waals surface area contributed by atoms with Crippen LogP contribution < -0.4 is 0 Å². The molecule has 0 saturated carbocycles. The summed E-state index contributed by atoms with van der Waals surface area (Å²) in [5.41, 5.74) is 0. The number of rotatable bonds is 7. The Labute approximate surface area is 139 Å². The number of aliphatic hydroxyl groups is 1. The Morgan fingerprint density at radius 3 is 3.26 bits per heavy atom. The third-order valence-electron chi connectivity index (χ3n) is 3.66. The Bertz CT molecular complexity index is 589. The molecule has 0 bridgehead atoms. The number of H-pyrrole nitrogens is 1. The van der Waals surface area contributed by atoms with E-state index >= 15 is 0 Å². The first-order valence-electron chi connectivity index (χ1n) is 7.72. The molecule has 23 heavy (non-hydrogen) atoms. The van der Waals surface area contributed by atoms with Crippen molar-refractivity contribution in [2.24, 2.45) is 0 Å². The second-order valence-electron chi connectivity index (χ2n) is 5.65. The molecule has 2 aromatic heterocycles. The molecule has 7 nitrogen and oxygen atoms in total. The van der Waals surface area contributed by atoms with Crippen molar-refractivity contribution in [2.45, 2.75) is 25.7 Å². The molecule has 8 heteroatoms. The van der Waals surface area contributed by atoms with E-state index in [1.807, 2.05) is 24.4 Å². The maximum absolute atomic E-state index is 10.1. The highest BCUT2D eigenvalue weighted by molar-refractivity contribution is 7.09. The zero-order valence-corrected chi connectivity index (χ0v) is 14.0. The number of aryl methyl sites for hydroxylation is 1. The number of aromatic nitrogens is 3. The predicted molar refractivity (Wildman–Crippen MR) is 86.2 cm³/mol. The van der Waals surface area contributed by atoms with Gasteiger partial charge in [0.05, 0.1) is 25.9 Å². The van der Waals surface area contributed by atoms with Gasteiger partial charge in [0.15, 0.2) is 5.82 Å². The summed E-state index contributed by atoms with van der Waals surface area (Å²) in [5, 5.41) is 19.2. The minimum Gasteiger partial charge on any atom is -0.389 e. The SMILES string of the molecule is Cc1nc([C@@H]2CN(C[C@H](O)COCc3cccs3)CCO2)n[nH]1. The van der Waals surface area contributed by atoms with Gasteiger partial charge >= 0.3 is 0 Å². The normalized spacial score (nSPS) is 20.7. The van der Waals surface area contributed by atoms with Crippen LogP contribution in [0.25, 0.3) is 0 Å². The number of β-amino-alcohol motifs (C(OH)–C–C–N with tert-alkyl or cyclic N) is 1. The molecule has 0 spiro atoms. The van der Waals surface area contributed by atoms with E-state index in [0.29, 0.717) is 38.7 Å². The molecule has 2 N–H and O–H groups in total. The molecule has 0 unspecified atom stereocenters. The van der Waals surface area contributed by atoms with Crippen LogP contribution in [0.15, 0.2) is 17.5 Å². The number of aliphatic hydroxyl groups excluding tert-OH is 1. The van der Waals surface area contributed by atoms with E-state index in [9.17, 15) is 5.11 Å². The van der Waals surface area contributed by atoms with Crippen molar-refractivity contribution in [2.75, 3.05) is 32.8 Å². The summed E-state index contributed by atoms with van der Waals surface area (Å²) in [6.07, 6.45) is -0.657. The quantitative estimate of drug-likeness (QED) is 0.787. The first-order valence-corrected chi connectivity index (χ1v) is 8.59. The molecule has 0 aromatic carbocycles. The third kappa shape index (κ3) is 4.82. The highest BCUT2D eigenvalue weighted by Crippen LogP contribution is 2.19. The lowest BCUT2D eigenvalue weighted by Crippen LogP contribution is -2.43. The molecule has 0 radical (unpaired) electrons. The summed E-state index contributed by atoms with van der Waals surface area (Å²) in [7, 11) is 0. The molecule has 3 rings (SSSR count). The van der Waals surface area contributed by atoms with E-state index in [0.717, 1.165) is 12.4 Å². The van der Waals surface area contributed by atoms with Gasteiger partial charge in [-0.2, -0.15) is 5.10 Å². The van der Waals surface area contributed by atoms with Crippen molar-refractivity contribution in [3.05, 3.63) is 34.0 Å². The Kier molecular flexibility index (Phi) is 5.74. The van der Waals surface area contributed by atoms with Crippen molar-refractivity contribution in [1.82, 2.24) is 20.1 Å². The highest BCUT2D eigenvalue weighted by atomic mass is 32.1. The van der Waals surface area contributed by atoms with E-state index in [-0.39, 0.29) is 6.10 Å². The molecule has 1 aliphatic rings. The number of ether oxygens (including phenoxy) is 2. The molecule has 126 valence electrons. The average Bonchev–Trinajstić information content (AvgIpc) is 3.19. The van der Waals surface area contributed by atoms with Crippen LogP contribution in [0, 0.1) is 6.92 Å². The van der Waals surface area contributed by atoms with Gasteiger partial charge in [-0.25, -0.2) is 4.98 Å². The first kappa shape index (κ1) is 16.5. The van der Waals surface area contributed by atoms with Gasteiger partial charge in [0.1, 0.15) is 11.9 Å². The van der Waals surface area contributed by atoms with Crippen LogP contribution in [-0.2, 0) is 16.1 Å². The molecule has 0 amide bonds. The van der Waals surface area contributed by atoms with Crippen LogP contribution >= 0.6 is 11.3 Å². The number of thiophene rings is 1. The van der Waals surface area contributed by atoms with E-state index in [1.54, 1.807) is 11.3 Å². The summed E-state index contributed by atoms with van der Waals surface area (Å²) in [4.78, 5) is 7.66. The number of aromatic amines is 1. The zero-order chi connectivity index (χ0) is 16.1. The summed E-state index contributed by atoms with van der Waals surface area (Å²) in [6, 6.07) is 4.03. The topological polar surface area (TPSA) is 83.5 Å². The monoisotopic (exact) mass is 338 g/mol. The summed E-state index contributed by atoms with van der Waals surface area (Å²) in [6.45, 7) is 5.40. The van der Waals surface area contributed by atoms with E-state index in [4.69, 9.17) is 9.47 Å². The molecule has 1 fully saturated rings. The Morgan fingerprint density at radius 2 is 2.52 bits per heavy atom. The fourth-order valence-electron chi connectivity index (χ4n) is 2.57. The number of hydrogen-bond acceptors (Lipinski definition) is 7. The standard InChI is InChI=1S/C15H22N4O3S/c1-11-16-15(18-17-11)14-8-19(4-5-22-14)7-12(20)9-21-10-13-3-2-6-23-13/h2-3,6,12,14,20H,4-5,7-10H2,1H3,(H,16,17,18)/t12-,14-/m0/s1. The van der Waals surface area contributed by atoms with E-state index < -0.39 is 6.10 Å². The second kappa shape index (κ2) is 7.98. The average molecular weight is 338 g/mol. The maximum Gasteiger partial charge on any atom is 0.180 e. The van der Waals surface area contributed by atoms with Crippen LogP contribution in [0.4, 0.5) is 0 Å². The van der Waals surface area contributed by atoms with Crippen molar-refractivity contribution >= 4 is 11.3 Å². The van der Waals surface area contributed by atoms with Crippen molar-refractivity contribution in [3.8, 4) is 0 Å². The summed E-state index contributed by atoms with van der Waals surface area (Å²) >= 11 is 1.66. The first-order chi connectivity index (χ1) is 11.2. The molecule has 2 atom stereocenters. The Hall–Kier alpha value is -1.32. The lowest BCUT2D eigenvalue weighted by atomic mass is 10.2. The largest absolute Gasteiger partial charge is 0.389 e. The van der Waals surface area contributed by atoms with Gasteiger partial charge in [0, 0.05) is 24.5 Å². The minimum absolute atomic E-state index is 0.145. The van der Waals surface area contributed by atoms with Gasteiger partial charge in [-0.3, -0.25) is 10.00 Å². The molecule has 3 heterocycles. The Morgan fingerprint density at radius 1 is 1.61 bits per heavy atom. The van der Waals surface area contributed by atoms with Crippen LogP contribution in [0.1, 0.15) is 22.6 Å². The number of nitrogens with one attached hydrogen (secondary N) is 1. The summed E-state index contributed by atoms with van der Waals surface area (Å²) in [5.74, 6) is 1.46. The number of morpholine rings is 1. The van der Waals surface area contributed by atoms with Gasteiger partial charge in [0.25, 0.3) is 0 Å². The number of hydrogen-bond donors (Lipinski definition) is 2. The van der Waals surface area contributed by atoms with Gasteiger partial charge in [0.2, 0.25) is 0 Å². The molecule has 1 aliphatic heterocycles. The lowest BCUT2D eigenvalue weighted by Gasteiger charge is -2.32. The molecule has 1 saturated heterocycles. The fraction of sp³-hybridized carbons (Fsp3) is 0.600. The lowest BCUT2D eigenvalue weighted by molar-refractivity contribution is -0.0564. The van der Waals surface area contributed by atoms with Crippen molar-refractivity contribution < 1.29 is 14.6 Å². The van der Waals surface area contributed by atoms with Crippen LogP contribution in [0.3, 0.4) is 0 Å². The van der Waals surface area contributed by atoms with E-state index in [1.165, 1.54) is 4.88 Å². The molecular formula is C15H22N4O3S.